The van der Waals surface area contributed by atoms with E-state index in [1.165, 1.54) is 11.8 Å². The molecule has 2 N–H and O–H groups in total. The predicted octanol–water partition coefficient (Wildman–Crippen LogP) is 0.576. The topological polar surface area (TPSA) is 82.5 Å². The van der Waals surface area contributed by atoms with E-state index in [1.807, 2.05) is 19.5 Å². The Kier molecular flexibility index (Phi) is 2.55. The summed E-state index contributed by atoms with van der Waals surface area (Å²) in [7, 11) is 1.84. The van der Waals surface area contributed by atoms with Crippen LogP contribution < -0.4 is 5.73 Å². The van der Waals surface area contributed by atoms with Gasteiger partial charge in [-0.2, -0.15) is 15.1 Å². The second-order valence-electron chi connectivity index (χ2n) is 2.91. The summed E-state index contributed by atoms with van der Waals surface area (Å²) in [6.07, 6.45) is 5.42. The molecule has 0 saturated heterocycles. The number of rotatable bonds is 2. The van der Waals surface area contributed by atoms with Crippen LogP contribution in [0.15, 0.2) is 17.6 Å². The van der Waals surface area contributed by atoms with Crippen LogP contribution in [-0.4, -0.2) is 31.0 Å². The van der Waals surface area contributed by atoms with E-state index in [0.717, 1.165) is 5.56 Å². The summed E-state index contributed by atoms with van der Waals surface area (Å²) >= 11 is 1.43. The molecule has 0 fully saturated rings. The number of nitrogens with zero attached hydrogens (tertiary/aromatic N) is 5. The molecule has 0 unspecified atom stereocenters. The standard InChI is InChI=1S/C8H10N6S/c1-14-4-5(3-10-14)6-11-7(9)13-8(12-6)15-2/h3-4H,1-2H3,(H2,9,11,12,13). The van der Waals surface area contributed by atoms with Crippen LogP contribution in [0.2, 0.25) is 0 Å². The third kappa shape index (κ3) is 2.07. The lowest BCUT2D eigenvalue weighted by Crippen LogP contribution is -2.00. The summed E-state index contributed by atoms with van der Waals surface area (Å²) in [6.45, 7) is 0. The molecule has 0 radical (unpaired) electrons. The minimum Gasteiger partial charge on any atom is -0.368 e. The maximum atomic E-state index is 5.58. The van der Waals surface area contributed by atoms with Crippen LogP contribution in [-0.2, 0) is 7.05 Å². The first-order chi connectivity index (χ1) is 7.19. The fourth-order valence-electron chi connectivity index (χ4n) is 1.13. The molecule has 0 bridgehead atoms. The van der Waals surface area contributed by atoms with Crippen molar-refractivity contribution in [3.8, 4) is 11.4 Å². The van der Waals surface area contributed by atoms with Gasteiger partial charge in [-0.25, -0.2) is 4.98 Å². The number of anilines is 1. The van der Waals surface area contributed by atoms with Gasteiger partial charge in [-0.15, -0.1) is 0 Å². The van der Waals surface area contributed by atoms with Crippen molar-refractivity contribution in [1.29, 1.82) is 0 Å². The fraction of sp³-hybridized carbons (Fsp3) is 0.250. The van der Waals surface area contributed by atoms with Gasteiger partial charge in [-0.05, 0) is 6.26 Å². The molecule has 0 amide bonds. The van der Waals surface area contributed by atoms with E-state index in [2.05, 4.69) is 20.1 Å². The predicted molar refractivity (Wildman–Crippen MR) is 58.2 cm³/mol. The molecular formula is C8H10N6S. The van der Waals surface area contributed by atoms with Crippen molar-refractivity contribution in [2.75, 3.05) is 12.0 Å². The van der Waals surface area contributed by atoms with Crippen LogP contribution in [0.5, 0.6) is 0 Å². The van der Waals surface area contributed by atoms with Gasteiger partial charge in [0.2, 0.25) is 5.95 Å². The van der Waals surface area contributed by atoms with Crippen LogP contribution >= 0.6 is 11.8 Å². The van der Waals surface area contributed by atoms with Crippen LogP contribution in [0.1, 0.15) is 0 Å². The van der Waals surface area contributed by atoms with E-state index in [0.29, 0.717) is 11.0 Å². The highest BCUT2D eigenvalue weighted by Crippen LogP contribution is 2.17. The van der Waals surface area contributed by atoms with Crippen LogP contribution in [0, 0.1) is 0 Å². The van der Waals surface area contributed by atoms with E-state index in [1.54, 1.807) is 10.9 Å². The number of aromatic nitrogens is 5. The van der Waals surface area contributed by atoms with Gasteiger partial charge in [0.25, 0.3) is 0 Å². The van der Waals surface area contributed by atoms with Gasteiger partial charge in [-0.3, -0.25) is 4.68 Å². The molecule has 2 heterocycles. The number of thioether (sulfide) groups is 1. The van der Waals surface area contributed by atoms with Crippen molar-refractivity contribution < 1.29 is 0 Å². The molecule has 2 rings (SSSR count). The Morgan fingerprint density at radius 1 is 1.33 bits per heavy atom. The first-order valence-electron chi connectivity index (χ1n) is 4.23. The lowest BCUT2D eigenvalue weighted by molar-refractivity contribution is 0.768. The van der Waals surface area contributed by atoms with Gasteiger partial charge < -0.3 is 5.73 Å². The fourth-order valence-corrected chi connectivity index (χ4v) is 1.49. The summed E-state index contributed by atoms with van der Waals surface area (Å²) < 4.78 is 1.69. The van der Waals surface area contributed by atoms with E-state index in [9.17, 15) is 0 Å². The quantitative estimate of drug-likeness (QED) is 0.748. The van der Waals surface area contributed by atoms with Crippen molar-refractivity contribution in [3.63, 3.8) is 0 Å². The average Bonchev–Trinajstić information content (AvgIpc) is 2.64. The zero-order valence-electron chi connectivity index (χ0n) is 8.38. The number of nitrogen functional groups attached to an aromatic ring is 1. The second kappa shape index (κ2) is 3.85. The molecule has 0 saturated carbocycles. The SMILES string of the molecule is CSc1nc(N)nc(-c2cnn(C)c2)n1. The van der Waals surface area contributed by atoms with Gasteiger partial charge in [0.05, 0.1) is 11.8 Å². The number of hydrogen-bond donors (Lipinski definition) is 1. The van der Waals surface area contributed by atoms with Crippen molar-refractivity contribution in [1.82, 2.24) is 24.7 Å². The molecule has 0 atom stereocenters. The third-order valence-electron chi connectivity index (χ3n) is 1.78. The highest BCUT2D eigenvalue weighted by Gasteiger charge is 2.07. The Bertz CT molecular complexity index is 480. The van der Waals surface area contributed by atoms with Crippen LogP contribution in [0.4, 0.5) is 5.95 Å². The summed E-state index contributed by atoms with van der Waals surface area (Å²) in [4.78, 5) is 12.3. The molecule has 0 aliphatic heterocycles. The summed E-state index contributed by atoms with van der Waals surface area (Å²) in [5.74, 6) is 0.785. The van der Waals surface area contributed by atoms with Crippen LogP contribution in [0.25, 0.3) is 11.4 Å². The molecular weight excluding hydrogens is 212 g/mol. The number of hydrogen-bond acceptors (Lipinski definition) is 6. The first-order valence-corrected chi connectivity index (χ1v) is 5.46. The molecule has 2 aromatic heterocycles. The van der Waals surface area contributed by atoms with E-state index in [-0.39, 0.29) is 5.95 Å². The molecule has 15 heavy (non-hydrogen) atoms. The summed E-state index contributed by atoms with van der Waals surface area (Å²) in [6, 6.07) is 0. The monoisotopic (exact) mass is 222 g/mol. The zero-order valence-corrected chi connectivity index (χ0v) is 9.19. The lowest BCUT2D eigenvalue weighted by Gasteiger charge is -1.99. The summed E-state index contributed by atoms with van der Waals surface area (Å²) in [5.41, 5.74) is 6.41. The van der Waals surface area contributed by atoms with Crippen LogP contribution in [0.3, 0.4) is 0 Å². The second-order valence-corrected chi connectivity index (χ2v) is 3.68. The Hall–Kier alpha value is -1.63. The average molecular weight is 222 g/mol. The smallest absolute Gasteiger partial charge is 0.224 e. The molecule has 7 heteroatoms. The van der Waals surface area contributed by atoms with Gasteiger partial charge in [0.15, 0.2) is 11.0 Å². The Balaban J connectivity index is 2.48. The highest BCUT2D eigenvalue weighted by molar-refractivity contribution is 7.98. The number of aryl methyl sites for hydroxylation is 1. The zero-order chi connectivity index (χ0) is 10.8. The number of nitrogens with two attached hydrogens (primary N) is 1. The maximum Gasteiger partial charge on any atom is 0.224 e. The summed E-state index contributed by atoms with van der Waals surface area (Å²) in [5, 5.41) is 4.66. The van der Waals surface area contributed by atoms with E-state index < -0.39 is 0 Å². The molecule has 0 aromatic carbocycles. The van der Waals surface area contributed by atoms with Gasteiger partial charge in [0.1, 0.15) is 0 Å². The molecule has 0 spiro atoms. The molecule has 78 valence electrons. The molecule has 2 aromatic rings. The first kappa shape index (κ1) is 9.91. The van der Waals surface area contributed by atoms with Crippen molar-refractivity contribution in [2.45, 2.75) is 5.16 Å². The molecule has 6 nitrogen and oxygen atoms in total. The Morgan fingerprint density at radius 2 is 2.13 bits per heavy atom. The van der Waals surface area contributed by atoms with Gasteiger partial charge in [-0.1, -0.05) is 11.8 Å². The largest absolute Gasteiger partial charge is 0.368 e. The maximum absolute atomic E-state index is 5.58. The van der Waals surface area contributed by atoms with Crippen molar-refractivity contribution in [2.24, 2.45) is 7.05 Å². The molecule has 0 aliphatic carbocycles. The lowest BCUT2D eigenvalue weighted by atomic mass is 10.3. The van der Waals surface area contributed by atoms with E-state index >= 15 is 0 Å². The van der Waals surface area contributed by atoms with Crippen molar-refractivity contribution >= 4 is 17.7 Å². The van der Waals surface area contributed by atoms with Crippen molar-refractivity contribution in [3.05, 3.63) is 12.4 Å². The third-order valence-corrected chi connectivity index (χ3v) is 2.33. The minimum absolute atomic E-state index is 0.230. The highest BCUT2D eigenvalue weighted by atomic mass is 32.2. The Morgan fingerprint density at radius 3 is 2.73 bits per heavy atom. The normalized spacial score (nSPS) is 10.5. The minimum atomic E-state index is 0.230. The Labute approximate surface area is 90.9 Å². The van der Waals surface area contributed by atoms with Gasteiger partial charge in [0, 0.05) is 13.2 Å². The van der Waals surface area contributed by atoms with Gasteiger partial charge >= 0.3 is 0 Å². The molecule has 0 aliphatic rings. The van der Waals surface area contributed by atoms with E-state index in [4.69, 9.17) is 5.73 Å².